The first-order valence-electron chi connectivity index (χ1n) is 11.5. The summed E-state index contributed by atoms with van der Waals surface area (Å²) in [4.78, 5) is 27.1. The Balaban J connectivity index is 2.19. The molecule has 36 heavy (non-hydrogen) atoms. The molecule has 0 radical (unpaired) electrons. The molecule has 0 saturated heterocycles. The van der Waals surface area contributed by atoms with Crippen LogP contribution in [0, 0.1) is 23.4 Å². The highest BCUT2D eigenvalue weighted by Crippen LogP contribution is 2.22. The molecule has 2 rings (SSSR count). The molecule has 0 aliphatic rings. The van der Waals surface area contributed by atoms with Crippen LogP contribution in [0.3, 0.4) is 0 Å². The van der Waals surface area contributed by atoms with E-state index in [0.29, 0.717) is 6.54 Å². The number of benzene rings is 2. The predicted molar refractivity (Wildman–Crippen MR) is 132 cm³/mol. The van der Waals surface area contributed by atoms with Gasteiger partial charge >= 0.3 is 0 Å². The van der Waals surface area contributed by atoms with Gasteiger partial charge in [0.1, 0.15) is 11.9 Å². The van der Waals surface area contributed by atoms with Gasteiger partial charge in [-0.25, -0.2) is 21.6 Å². The molecule has 2 aromatic carbocycles. The van der Waals surface area contributed by atoms with E-state index in [9.17, 15) is 31.2 Å². The average molecular weight is 528 g/mol. The molecule has 0 heterocycles. The number of hydrogen-bond acceptors (Lipinski definition) is 4. The number of sulfonamides is 1. The second-order valence-electron chi connectivity index (χ2n) is 8.97. The highest BCUT2D eigenvalue weighted by atomic mass is 32.2. The van der Waals surface area contributed by atoms with Gasteiger partial charge in [0.2, 0.25) is 21.8 Å². The van der Waals surface area contributed by atoms with E-state index in [4.69, 9.17) is 0 Å². The Kier molecular flexibility index (Phi) is 10.3. The summed E-state index contributed by atoms with van der Waals surface area (Å²) < 4.78 is 66.7. The number of anilines is 1. The van der Waals surface area contributed by atoms with Crippen molar-refractivity contribution >= 4 is 27.5 Å². The van der Waals surface area contributed by atoms with E-state index in [1.165, 1.54) is 23.1 Å². The Hall–Kier alpha value is -3.08. The van der Waals surface area contributed by atoms with Gasteiger partial charge in [0, 0.05) is 37.7 Å². The monoisotopic (exact) mass is 527 g/mol. The molecule has 11 heteroatoms. The molecule has 0 aromatic heterocycles. The quantitative estimate of drug-likeness (QED) is 0.455. The molecular formula is C25H32F3N3O4S. The summed E-state index contributed by atoms with van der Waals surface area (Å²) in [7, 11) is -3.86. The maximum absolute atomic E-state index is 14.3. The van der Waals surface area contributed by atoms with Crippen molar-refractivity contribution in [3.05, 3.63) is 65.5 Å². The minimum atomic E-state index is -3.86. The maximum atomic E-state index is 14.3. The van der Waals surface area contributed by atoms with Crippen LogP contribution in [0.25, 0.3) is 0 Å². The summed E-state index contributed by atoms with van der Waals surface area (Å²) in [5.41, 5.74) is 0.155. The third-order valence-electron chi connectivity index (χ3n) is 5.49. The molecular weight excluding hydrogens is 495 g/mol. The number of nitrogens with one attached hydrogen (secondary N) is 1. The van der Waals surface area contributed by atoms with Crippen LogP contribution in [-0.2, 0) is 26.2 Å². The lowest BCUT2D eigenvalue weighted by atomic mass is 10.1. The van der Waals surface area contributed by atoms with E-state index >= 15 is 0 Å². The largest absolute Gasteiger partial charge is 0.354 e. The Bertz CT molecular complexity index is 1170. The third kappa shape index (κ3) is 8.25. The highest BCUT2D eigenvalue weighted by Gasteiger charge is 2.27. The van der Waals surface area contributed by atoms with Crippen LogP contribution < -0.4 is 9.62 Å². The first-order valence-corrected chi connectivity index (χ1v) is 13.4. The summed E-state index contributed by atoms with van der Waals surface area (Å²) in [6.45, 7) is 5.46. The molecule has 0 aliphatic carbocycles. The van der Waals surface area contributed by atoms with Crippen LogP contribution in [0.15, 0.2) is 42.5 Å². The fourth-order valence-electron chi connectivity index (χ4n) is 3.49. The number of nitrogens with zero attached hydrogens (tertiary/aromatic N) is 2. The van der Waals surface area contributed by atoms with Crippen molar-refractivity contribution in [1.82, 2.24) is 10.2 Å². The van der Waals surface area contributed by atoms with Crippen molar-refractivity contribution in [2.75, 3.05) is 23.7 Å². The van der Waals surface area contributed by atoms with Crippen molar-refractivity contribution in [1.29, 1.82) is 0 Å². The number of carbonyl (C=O) groups is 2. The topological polar surface area (TPSA) is 86.8 Å². The predicted octanol–water partition coefficient (Wildman–Crippen LogP) is 3.84. The van der Waals surface area contributed by atoms with Crippen molar-refractivity contribution in [2.45, 2.75) is 46.2 Å². The lowest BCUT2D eigenvalue weighted by Crippen LogP contribution is -2.48. The van der Waals surface area contributed by atoms with E-state index in [2.05, 4.69) is 5.32 Å². The summed E-state index contributed by atoms with van der Waals surface area (Å²) in [5.74, 6) is -3.52. The minimum absolute atomic E-state index is 0.0268. The first-order chi connectivity index (χ1) is 16.8. The summed E-state index contributed by atoms with van der Waals surface area (Å²) in [6.07, 6.45) is 0.784. The van der Waals surface area contributed by atoms with Gasteiger partial charge in [-0.15, -0.1) is 0 Å². The lowest BCUT2D eigenvalue weighted by Gasteiger charge is -2.29. The molecule has 1 atom stereocenters. The van der Waals surface area contributed by atoms with E-state index in [1.807, 2.05) is 13.8 Å². The maximum Gasteiger partial charge on any atom is 0.242 e. The molecule has 2 amide bonds. The minimum Gasteiger partial charge on any atom is -0.354 e. The molecule has 0 bridgehead atoms. The van der Waals surface area contributed by atoms with Gasteiger partial charge in [-0.3, -0.25) is 13.9 Å². The van der Waals surface area contributed by atoms with Gasteiger partial charge in [-0.05, 0) is 37.5 Å². The van der Waals surface area contributed by atoms with Crippen LogP contribution >= 0.6 is 0 Å². The smallest absolute Gasteiger partial charge is 0.242 e. The van der Waals surface area contributed by atoms with Gasteiger partial charge in [-0.2, -0.15) is 0 Å². The second kappa shape index (κ2) is 12.8. The summed E-state index contributed by atoms with van der Waals surface area (Å²) in [5, 5.41) is 2.76. The molecule has 2 aromatic rings. The number of rotatable bonds is 12. The molecule has 0 unspecified atom stereocenters. The van der Waals surface area contributed by atoms with E-state index < -0.39 is 45.3 Å². The highest BCUT2D eigenvalue weighted by molar-refractivity contribution is 7.92. The fourth-order valence-corrected chi connectivity index (χ4v) is 4.45. The average Bonchev–Trinajstić information content (AvgIpc) is 2.80. The van der Waals surface area contributed by atoms with Gasteiger partial charge in [0.25, 0.3) is 0 Å². The normalized spacial score (nSPS) is 12.3. The van der Waals surface area contributed by atoms with E-state index in [-0.39, 0.29) is 43.1 Å². The summed E-state index contributed by atoms with van der Waals surface area (Å²) in [6, 6.07) is 7.72. The Morgan fingerprint density at radius 3 is 2.22 bits per heavy atom. The zero-order valence-electron chi connectivity index (χ0n) is 20.8. The molecule has 0 aliphatic heterocycles. The van der Waals surface area contributed by atoms with E-state index in [1.54, 1.807) is 13.0 Å². The van der Waals surface area contributed by atoms with E-state index in [0.717, 1.165) is 28.8 Å². The van der Waals surface area contributed by atoms with Gasteiger partial charge in [-0.1, -0.05) is 32.0 Å². The zero-order chi connectivity index (χ0) is 27.0. The Morgan fingerprint density at radius 1 is 0.972 bits per heavy atom. The van der Waals surface area contributed by atoms with Crippen LogP contribution in [0.1, 0.15) is 39.2 Å². The zero-order valence-corrected chi connectivity index (χ0v) is 21.6. The van der Waals surface area contributed by atoms with Crippen LogP contribution in [0.2, 0.25) is 0 Å². The molecule has 0 spiro atoms. The number of halogens is 3. The molecule has 7 nitrogen and oxygen atoms in total. The lowest BCUT2D eigenvalue weighted by molar-refractivity contribution is -0.140. The number of carbonyl (C=O) groups excluding carboxylic acids is 2. The van der Waals surface area contributed by atoms with Crippen LogP contribution in [0.5, 0.6) is 0 Å². The Morgan fingerprint density at radius 2 is 1.64 bits per heavy atom. The standard InChI is InChI=1S/C25H32F3N3O4S/c1-17(2)15-29-25(33)18(3)30(16-19-8-5-6-9-21(19)26)24(32)10-7-13-31(36(4,34)35)20-11-12-22(27)23(28)14-20/h5-6,8-9,11-12,14,17-18H,7,10,13,15-16H2,1-4H3,(H,29,33)/t18-/m1/s1. The molecule has 198 valence electrons. The van der Waals surface area contributed by atoms with Gasteiger partial charge in [0.15, 0.2) is 11.6 Å². The third-order valence-corrected chi connectivity index (χ3v) is 6.69. The van der Waals surface area contributed by atoms with Crippen molar-refractivity contribution < 1.29 is 31.2 Å². The van der Waals surface area contributed by atoms with Crippen LogP contribution in [0.4, 0.5) is 18.9 Å². The molecule has 1 N–H and O–H groups in total. The number of amides is 2. The second-order valence-corrected chi connectivity index (χ2v) is 10.9. The van der Waals surface area contributed by atoms with Crippen molar-refractivity contribution in [2.24, 2.45) is 5.92 Å². The first kappa shape index (κ1) is 29.2. The Labute approximate surface area is 210 Å². The van der Waals surface area contributed by atoms with Crippen LogP contribution in [-0.4, -0.2) is 50.5 Å². The summed E-state index contributed by atoms with van der Waals surface area (Å²) >= 11 is 0. The molecule has 0 fully saturated rings. The SMILES string of the molecule is CC(C)CNC(=O)[C@@H](C)N(Cc1ccccc1F)C(=O)CCCN(c1ccc(F)c(F)c1)S(C)(=O)=O. The number of hydrogen-bond donors (Lipinski definition) is 1. The van der Waals surface area contributed by atoms with Crippen molar-refractivity contribution in [3.8, 4) is 0 Å². The fraction of sp³-hybridized carbons (Fsp3) is 0.440. The van der Waals surface area contributed by atoms with Gasteiger partial charge < -0.3 is 10.2 Å². The molecule has 0 saturated carbocycles. The van der Waals surface area contributed by atoms with Gasteiger partial charge in [0.05, 0.1) is 11.9 Å². The van der Waals surface area contributed by atoms with Crippen molar-refractivity contribution in [3.63, 3.8) is 0 Å².